The molecule has 8 rings (SSSR count). The van der Waals surface area contributed by atoms with Crippen molar-refractivity contribution < 1.29 is 31.5 Å². The Kier molecular flexibility index (Phi) is 8.03. The summed E-state index contributed by atoms with van der Waals surface area (Å²) < 4.78 is 61.2. The van der Waals surface area contributed by atoms with E-state index >= 15 is 9.13 Å². The molecule has 0 heterocycles. The van der Waals surface area contributed by atoms with Crippen molar-refractivity contribution in [1.82, 2.24) is 0 Å². The molecule has 0 atom stereocenters. The molecule has 240 valence electrons. The molecule has 0 fully saturated rings. The van der Waals surface area contributed by atoms with Crippen molar-refractivity contribution in [3.63, 3.8) is 0 Å². The summed E-state index contributed by atoms with van der Waals surface area (Å²) >= 11 is 0. The molecule has 8 aromatic carbocycles. The molecule has 9 heteroatoms. The number of hydrogen-bond donors (Lipinski definition) is 0. The monoisotopic (exact) mass is 682 g/mol. The summed E-state index contributed by atoms with van der Waals surface area (Å²) in [5.41, 5.74) is 0. The lowest BCUT2D eigenvalue weighted by Gasteiger charge is -2.25. The Morgan fingerprint density at radius 3 is 0.776 bits per heavy atom. The van der Waals surface area contributed by atoms with E-state index in [1.54, 1.807) is 48.5 Å². The molecule has 0 aliphatic carbocycles. The molecule has 0 saturated heterocycles. The molecule has 8 aromatic rings. The van der Waals surface area contributed by atoms with Gasteiger partial charge in [0.1, 0.15) is 23.0 Å². The van der Waals surface area contributed by atoms with Crippen molar-refractivity contribution in [2.24, 2.45) is 0 Å². The van der Waals surface area contributed by atoms with Crippen LogP contribution in [0.5, 0.6) is 23.0 Å². The minimum absolute atomic E-state index is 0.198. The van der Waals surface area contributed by atoms with Crippen LogP contribution in [0.2, 0.25) is 0 Å². The highest BCUT2D eigenvalue weighted by molar-refractivity contribution is 7.63. The van der Waals surface area contributed by atoms with Gasteiger partial charge < -0.3 is 18.1 Å². The fraction of sp³-hybridized carbons (Fsp3) is 0. The van der Waals surface area contributed by atoms with E-state index in [4.69, 9.17) is 22.4 Å². The third kappa shape index (κ3) is 6.36. The van der Waals surface area contributed by atoms with Crippen LogP contribution in [0.25, 0.3) is 43.1 Å². The molecule has 0 aliphatic rings. The predicted octanol–water partition coefficient (Wildman–Crippen LogP) is 12.1. The van der Waals surface area contributed by atoms with Crippen molar-refractivity contribution >= 4 is 58.7 Å². The van der Waals surface area contributed by atoms with E-state index in [1.807, 2.05) is 121 Å². The minimum Gasteiger partial charge on any atom is -0.394 e. The normalized spacial score (nSPS) is 11.9. The average molecular weight is 683 g/mol. The molecule has 0 saturated carbocycles. The van der Waals surface area contributed by atoms with Gasteiger partial charge in [0, 0.05) is 21.5 Å². The van der Waals surface area contributed by atoms with Gasteiger partial charge in [-0.1, -0.05) is 146 Å². The number of phosphoric acid groups is 2. The van der Waals surface area contributed by atoms with Crippen molar-refractivity contribution in [3.8, 4) is 23.0 Å². The average Bonchev–Trinajstić information content (AvgIpc) is 3.12. The van der Waals surface area contributed by atoms with Gasteiger partial charge in [0.2, 0.25) is 0 Å². The van der Waals surface area contributed by atoms with Crippen molar-refractivity contribution in [2.75, 3.05) is 0 Å². The van der Waals surface area contributed by atoms with Crippen LogP contribution < -0.4 is 18.1 Å². The van der Waals surface area contributed by atoms with Crippen LogP contribution in [-0.2, 0) is 13.4 Å². The van der Waals surface area contributed by atoms with Crippen molar-refractivity contribution in [1.29, 1.82) is 0 Å². The molecule has 0 aromatic heterocycles. The Morgan fingerprint density at radius 2 is 0.510 bits per heavy atom. The Labute approximate surface area is 282 Å². The molecule has 0 unspecified atom stereocenters. The number of fused-ring (bicyclic) bond motifs is 4. The lowest BCUT2D eigenvalue weighted by Crippen LogP contribution is -2.10. The van der Waals surface area contributed by atoms with Gasteiger partial charge in [0.15, 0.2) is 0 Å². The predicted molar refractivity (Wildman–Crippen MR) is 195 cm³/mol. The Balaban J connectivity index is 1.28. The quantitative estimate of drug-likeness (QED) is 0.133. The molecule has 0 bridgehead atoms. The summed E-state index contributed by atoms with van der Waals surface area (Å²) in [5, 5.41) is 5.92. The van der Waals surface area contributed by atoms with Crippen molar-refractivity contribution in [2.45, 2.75) is 0 Å². The first kappa shape index (κ1) is 30.7. The molecule has 0 aliphatic heterocycles. The zero-order valence-corrected chi connectivity index (χ0v) is 27.7. The number of benzene rings is 8. The Hall–Kier alpha value is -5.58. The van der Waals surface area contributed by atoms with Crippen LogP contribution in [0.1, 0.15) is 0 Å². The maximum absolute atomic E-state index is 15.2. The third-order valence-corrected chi connectivity index (χ3v) is 11.3. The molecule has 0 radical (unpaired) electrons. The third-order valence-electron chi connectivity index (χ3n) is 8.04. The van der Waals surface area contributed by atoms with Gasteiger partial charge in [0.25, 0.3) is 0 Å². The van der Waals surface area contributed by atoms with Gasteiger partial charge in [-0.3, -0.25) is 0 Å². The maximum Gasteiger partial charge on any atom is 0.598 e. The Morgan fingerprint density at radius 1 is 0.286 bits per heavy atom. The summed E-state index contributed by atoms with van der Waals surface area (Å²) in [6.45, 7) is 0. The molecule has 0 amide bonds. The number of phosphoric ester groups is 2. The SMILES string of the molecule is O=P(Oc1cccc2ccccc12)(Oc1cccc2ccccc12)OP(=O)(Oc1cccc2ccccc12)Oc1cccc2ccccc12. The summed E-state index contributed by atoms with van der Waals surface area (Å²) in [4.78, 5) is 0. The van der Waals surface area contributed by atoms with E-state index in [1.165, 1.54) is 0 Å². The van der Waals surface area contributed by atoms with Crippen LogP contribution >= 0.6 is 15.6 Å². The van der Waals surface area contributed by atoms with Gasteiger partial charge in [-0.2, -0.15) is 0 Å². The summed E-state index contributed by atoms with van der Waals surface area (Å²) in [7, 11) is -9.80. The van der Waals surface area contributed by atoms with Crippen LogP contribution in [0.4, 0.5) is 0 Å². The molecular formula is C40H28O7P2. The van der Waals surface area contributed by atoms with E-state index < -0.39 is 15.6 Å². The van der Waals surface area contributed by atoms with E-state index in [0.29, 0.717) is 21.5 Å². The van der Waals surface area contributed by atoms with Crippen LogP contribution in [0.3, 0.4) is 0 Å². The van der Waals surface area contributed by atoms with Crippen LogP contribution in [0, 0.1) is 0 Å². The van der Waals surface area contributed by atoms with E-state index in [9.17, 15) is 0 Å². The fourth-order valence-corrected chi connectivity index (χ4v) is 9.00. The molecule has 7 nitrogen and oxygen atoms in total. The largest absolute Gasteiger partial charge is 0.598 e. The van der Waals surface area contributed by atoms with Gasteiger partial charge in [-0.05, 0) is 45.8 Å². The second-order valence-electron chi connectivity index (χ2n) is 11.3. The Bertz CT molecular complexity index is 2220. The van der Waals surface area contributed by atoms with Gasteiger partial charge in [-0.25, -0.2) is 9.13 Å². The smallest absolute Gasteiger partial charge is 0.394 e. The summed E-state index contributed by atoms with van der Waals surface area (Å²) in [5.74, 6) is 0.791. The van der Waals surface area contributed by atoms with Gasteiger partial charge in [0.05, 0.1) is 0 Å². The topological polar surface area (TPSA) is 80.3 Å². The standard InChI is InChI=1S/C40H28O7P2/c41-48(43-37-25-9-17-29-13-1-5-21-33(29)37,44-38-26-10-18-30-14-2-6-22-34(30)38)47-49(42,45-39-27-11-19-31-15-3-7-23-35(31)39)46-40-28-12-20-32-16-4-8-24-36(32)40/h1-28H. The van der Waals surface area contributed by atoms with Gasteiger partial charge >= 0.3 is 15.6 Å². The molecule has 49 heavy (non-hydrogen) atoms. The summed E-state index contributed by atoms with van der Waals surface area (Å²) in [6.07, 6.45) is 0. The maximum atomic E-state index is 15.2. The first-order chi connectivity index (χ1) is 24.0. The van der Waals surface area contributed by atoms with Crippen LogP contribution in [0.15, 0.2) is 170 Å². The lowest BCUT2D eigenvalue weighted by molar-refractivity contribution is 0.245. The zero-order chi connectivity index (χ0) is 33.3. The fourth-order valence-electron chi connectivity index (χ4n) is 5.81. The molecular weight excluding hydrogens is 654 g/mol. The first-order valence-corrected chi connectivity index (χ1v) is 18.5. The van der Waals surface area contributed by atoms with Crippen molar-refractivity contribution in [3.05, 3.63) is 170 Å². The highest BCUT2D eigenvalue weighted by Gasteiger charge is 2.47. The molecule has 0 N–H and O–H groups in total. The first-order valence-electron chi connectivity index (χ1n) is 15.6. The van der Waals surface area contributed by atoms with Crippen LogP contribution in [-0.4, -0.2) is 0 Å². The lowest BCUT2D eigenvalue weighted by atomic mass is 10.1. The van der Waals surface area contributed by atoms with E-state index in [-0.39, 0.29) is 23.0 Å². The number of hydrogen-bond acceptors (Lipinski definition) is 7. The van der Waals surface area contributed by atoms with Gasteiger partial charge in [-0.15, -0.1) is 4.31 Å². The second-order valence-corrected chi connectivity index (χ2v) is 14.4. The van der Waals surface area contributed by atoms with E-state index in [0.717, 1.165) is 21.5 Å². The highest BCUT2D eigenvalue weighted by atomic mass is 31.3. The zero-order valence-electron chi connectivity index (χ0n) is 25.9. The minimum atomic E-state index is -4.90. The molecule has 0 spiro atoms. The number of rotatable bonds is 10. The second kappa shape index (κ2) is 12.8. The van der Waals surface area contributed by atoms with E-state index in [2.05, 4.69) is 0 Å². The highest BCUT2D eigenvalue weighted by Crippen LogP contribution is 2.66. The summed E-state index contributed by atoms with van der Waals surface area (Å²) in [6, 6.07) is 51.0.